The van der Waals surface area contributed by atoms with Crippen LogP contribution in [0.3, 0.4) is 0 Å². The van der Waals surface area contributed by atoms with Gasteiger partial charge >= 0.3 is 0 Å². The summed E-state index contributed by atoms with van der Waals surface area (Å²) in [4.78, 5) is 24.4. The molecule has 0 aliphatic carbocycles. The minimum atomic E-state index is -0.520. The number of carbonyl (C=O) groups is 1. The molecule has 0 radical (unpaired) electrons. The molecule has 4 rings (SSSR count). The van der Waals surface area contributed by atoms with E-state index in [2.05, 4.69) is 4.98 Å². The number of likely N-dealkylation sites (tertiary alicyclic amines) is 1. The Kier molecular flexibility index (Phi) is 5.88. The van der Waals surface area contributed by atoms with Crippen molar-refractivity contribution in [3.05, 3.63) is 47.8 Å². The molecule has 1 fully saturated rings. The molecule has 1 saturated heterocycles. The molecule has 7 heteroatoms. The fraction of sp³-hybridized carbons (Fsp3) is 0.522. The van der Waals surface area contributed by atoms with Crippen LogP contribution in [-0.2, 0) is 21.6 Å². The molecular weight excluding hydrogens is 396 g/mol. The van der Waals surface area contributed by atoms with Gasteiger partial charge in [0.1, 0.15) is 5.60 Å². The van der Waals surface area contributed by atoms with Crippen LogP contribution in [0, 0.1) is 0 Å². The Morgan fingerprint density at radius 2 is 1.97 bits per heavy atom. The molecule has 0 unspecified atom stereocenters. The van der Waals surface area contributed by atoms with E-state index in [1.807, 2.05) is 61.5 Å². The average molecular weight is 427 g/mol. The normalized spacial score (nSPS) is 19.4. The van der Waals surface area contributed by atoms with Gasteiger partial charge in [-0.15, -0.1) is 0 Å². The number of amides is 1. The summed E-state index contributed by atoms with van der Waals surface area (Å²) in [5.74, 6) is 0.745. The van der Waals surface area contributed by atoms with E-state index >= 15 is 0 Å². The largest absolute Gasteiger partial charge is 0.368 e. The van der Waals surface area contributed by atoms with Crippen LogP contribution >= 0.6 is 11.8 Å². The van der Waals surface area contributed by atoms with Crippen molar-refractivity contribution >= 4 is 17.7 Å². The maximum Gasteiger partial charge on any atom is 0.240 e. The smallest absolute Gasteiger partial charge is 0.240 e. The molecule has 2 aromatic rings. The number of fused-ring (bicyclic) bond motifs is 2. The van der Waals surface area contributed by atoms with Gasteiger partial charge in [0.05, 0.1) is 18.3 Å². The van der Waals surface area contributed by atoms with Crippen LogP contribution in [0.5, 0.6) is 0 Å². The monoisotopic (exact) mass is 426 g/mol. The van der Waals surface area contributed by atoms with Gasteiger partial charge in [-0.1, -0.05) is 30.3 Å². The lowest BCUT2D eigenvalue weighted by atomic mass is 9.83. The number of nitrogens with zero attached hydrogens (tertiary/aromatic N) is 3. The van der Waals surface area contributed by atoms with Gasteiger partial charge in [-0.25, -0.2) is 9.97 Å². The number of hydrogen-bond donors (Lipinski definition) is 1. The predicted molar refractivity (Wildman–Crippen MR) is 120 cm³/mol. The summed E-state index contributed by atoms with van der Waals surface area (Å²) in [6, 6.07) is 9.50. The van der Waals surface area contributed by atoms with Crippen molar-refractivity contribution in [2.24, 2.45) is 5.73 Å². The number of piperidine rings is 1. The van der Waals surface area contributed by atoms with E-state index < -0.39 is 11.6 Å². The molecule has 1 amide bonds. The molecule has 1 aromatic carbocycles. The second kappa shape index (κ2) is 8.29. The number of benzene rings is 1. The number of rotatable bonds is 4. The molecule has 160 valence electrons. The molecule has 2 aliphatic rings. The molecular formula is C23H30N4O2S. The molecule has 3 heterocycles. The number of carbonyl (C=O) groups excluding carboxylic acids is 1. The Bertz CT molecular complexity index is 911. The first kappa shape index (κ1) is 21.3. The highest BCUT2D eigenvalue weighted by molar-refractivity contribution is 8.00. The molecule has 1 aromatic heterocycles. The predicted octanol–water partition coefficient (Wildman–Crippen LogP) is 3.00. The zero-order valence-corrected chi connectivity index (χ0v) is 18.7. The lowest BCUT2D eigenvalue weighted by Crippen LogP contribution is -2.57. The third kappa shape index (κ3) is 3.86. The highest BCUT2D eigenvalue weighted by Crippen LogP contribution is 2.41. The van der Waals surface area contributed by atoms with Crippen molar-refractivity contribution < 1.29 is 9.53 Å². The molecule has 6 nitrogen and oxygen atoms in total. The van der Waals surface area contributed by atoms with Crippen molar-refractivity contribution in [2.75, 3.05) is 26.0 Å². The molecule has 1 spiro atoms. The van der Waals surface area contributed by atoms with Gasteiger partial charge in [0.15, 0.2) is 5.82 Å². The summed E-state index contributed by atoms with van der Waals surface area (Å²) in [6.45, 7) is 5.96. The first-order valence-electron chi connectivity index (χ1n) is 10.5. The molecule has 2 aliphatic heterocycles. The third-order valence-corrected chi connectivity index (χ3v) is 7.81. The number of nitrogens with two attached hydrogens (primary N) is 1. The second-order valence-corrected chi connectivity index (χ2v) is 10.1. The summed E-state index contributed by atoms with van der Waals surface area (Å²) < 4.78 is 6.04. The van der Waals surface area contributed by atoms with Gasteiger partial charge in [-0.3, -0.25) is 4.79 Å². The fourth-order valence-corrected chi connectivity index (χ4v) is 4.58. The summed E-state index contributed by atoms with van der Waals surface area (Å²) >= 11 is 1.63. The summed E-state index contributed by atoms with van der Waals surface area (Å²) in [7, 11) is 0. The van der Waals surface area contributed by atoms with Crippen molar-refractivity contribution in [2.45, 2.75) is 49.5 Å². The van der Waals surface area contributed by atoms with Crippen molar-refractivity contribution in [3.63, 3.8) is 0 Å². The average Bonchev–Trinajstić information content (AvgIpc) is 2.79. The molecule has 0 bridgehead atoms. The van der Waals surface area contributed by atoms with E-state index in [-0.39, 0.29) is 10.7 Å². The Morgan fingerprint density at radius 3 is 2.63 bits per heavy atom. The van der Waals surface area contributed by atoms with Crippen LogP contribution in [0.2, 0.25) is 0 Å². The topological polar surface area (TPSA) is 81.3 Å². The van der Waals surface area contributed by atoms with E-state index in [1.165, 1.54) is 0 Å². The van der Waals surface area contributed by atoms with Gasteiger partial charge in [0.2, 0.25) is 5.91 Å². The molecule has 2 N–H and O–H groups in total. The van der Waals surface area contributed by atoms with Crippen molar-refractivity contribution in [1.82, 2.24) is 14.9 Å². The molecule has 30 heavy (non-hydrogen) atoms. The Morgan fingerprint density at radius 1 is 1.27 bits per heavy atom. The van der Waals surface area contributed by atoms with Crippen LogP contribution in [0.25, 0.3) is 11.4 Å². The number of ether oxygens (including phenoxy) is 1. The van der Waals surface area contributed by atoms with Gasteiger partial charge in [-0.05, 0) is 44.9 Å². The molecule has 1 atom stereocenters. The van der Waals surface area contributed by atoms with Crippen molar-refractivity contribution in [3.8, 4) is 11.4 Å². The van der Waals surface area contributed by atoms with Crippen LogP contribution in [0.1, 0.15) is 37.9 Å². The van der Waals surface area contributed by atoms with Crippen LogP contribution in [-0.4, -0.2) is 57.5 Å². The summed E-state index contributed by atoms with van der Waals surface area (Å²) in [6.07, 6.45) is 6.22. The zero-order chi connectivity index (χ0) is 21.4. The first-order chi connectivity index (χ1) is 14.4. The minimum Gasteiger partial charge on any atom is -0.368 e. The van der Waals surface area contributed by atoms with E-state index in [0.717, 1.165) is 41.9 Å². The first-order valence-corrected chi connectivity index (χ1v) is 11.7. The van der Waals surface area contributed by atoms with E-state index in [4.69, 9.17) is 15.5 Å². The van der Waals surface area contributed by atoms with Gasteiger partial charge in [-0.2, -0.15) is 11.8 Å². The lowest BCUT2D eigenvalue weighted by molar-refractivity contribution is -0.143. The number of thioether (sulfide) groups is 1. The quantitative estimate of drug-likeness (QED) is 0.809. The second-order valence-electron chi connectivity index (χ2n) is 8.64. The highest BCUT2D eigenvalue weighted by Gasteiger charge is 2.45. The van der Waals surface area contributed by atoms with E-state index in [9.17, 15) is 4.79 Å². The third-order valence-electron chi connectivity index (χ3n) is 6.50. The van der Waals surface area contributed by atoms with Crippen LogP contribution in [0.15, 0.2) is 36.5 Å². The summed E-state index contributed by atoms with van der Waals surface area (Å²) in [5.41, 5.74) is 9.00. The minimum absolute atomic E-state index is 0.0212. The van der Waals surface area contributed by atoms with E-state index in [1.54, 1.807) is 11.8 Å². The SMILES string of the molecule is CSC(C)(C)[C@H](N)C(=O)N1CCC2(CC1)OCCc1cnc(-c3ccccc3)nc12. The van der Waals surface area contributed by atoms with Gasteiger partial charge in [0, 0.05) is 29.6 Å². The zero-order valence-electron chi connectivity index (χ0n) is 17.9. The van der Waals surface area contributed by atoms with Gasteiger partial charge in [0.25, 0.3) is 0 Å². The Labute approximate surface area is 182 Å². The van der Waals surface area contributed by atoms with Crippen LogP contribution < -0.4 is 5.73 Å². The maximum absolute atomic E-state index is 13.0. The van der Waals surface area contributed by atoms with E-state index in [0.29, 0.717) is 19.7 Å². The van der Waals surface area contributed by atoms with Gasteiger partial charge < -0.3 is 15.4 Å². The standard InChI is InChI=1S/C23H30N4O2S/c1-22(2,30-3)18(24)21(28)27-12-10-23(11-13-27)19-17(9-14-29-23)15-25-20(26-19)16-7-5-4-6-8-16/h4-8,15,18H,9-14,24H2,1-3H3/t18-/m1/s1. The highest BCUT2D eigenvalue weighted by atomic mass is 32.2. The molecule has 0 saturated carbocycles. The number of aromatic nitrogens is 2. The Balaban J connectivity index is 1.56. The van der Waals surface area contributed by atoms with Crippen LogP contribution in [0.4, 0.5) is 0 Å². The Hall–Kier alpha value is -1.96. The maximum atomic E-state index is 13.0. The lowest BCUT2D eigenvalue weighted by Gasteiger charge is -2.45. The van der Waals surface area contributed by atoms with Crippen molar-refractivity contribution in [1.29, 1.82) is 0 Å². The summed E-state index contributed by atoms with van der Waals surface area (Å²) in [5, 5.41) is 0. The number of hydrogen-bond acceptors (Lipinski definition) is 6. The fourth-order valence-electron chi connectivity index (χ4n) is 4.23.